The molecule has 84 valence electrons. The molecule has 0 aliphatic carbocycles. The lowest BCUT2D eigenvalue weighted by Crippen LogP contribution is -2.30. The van der Waals surface area contributed by atoms with Crippen molar-refractivity contribution >= 4 is 5.97 Å². The van der Waals surface area contributed by atoms with Crippen molar-refractivity contribution in [2.24, 2.45) is 0 Å². The summed E-state index contributed by atoms with van der Waals surface area (Å²) in [6, 6.07) is 4.27. The molecule has 0 spiro atoms. The quantitative estimate of drug-likeness (QED) is 0.861. The topological polar surface area (TPSA) is 61.1 Å². The van der Waals surface area contributed by atoms with E-state index in [0.717, 1.165) is 18.2 Å². The van der Waals surface area contributed by atoms with Gasteiger partial charge in [0.2, 0.25) is 0 Å². The van der Waals surface area contributed by atoms with E-state index in [-0.39, 0.29) is 5.56 Å². The molecule has 16 heavy (non-hydrogen) atoms. The second-order valence-corrected chi connectivity index (χ2v) is 3.11. The van der Waals surface area contributed by atoms with Crippen LogP contribution in [0.3, 0.4) is 0 Å². The number of benzene rings is 1. The first-order chi connectivity index (χ1) is 7.36. The molecule has 0 saturated carbocycles. The van der Waals surface area contributed by atoms with Crippen LogP contribution in [0.1, 0.15) is 11.1 Å². The second-order valence-electron chi connectivity index (χ2n) is 3.11. The van der Waals surface area contributed by atoms with Gasteiger partial charge in [-0.25, -0.2) is 9.18 Å². The van der Waals surface area contributed by atoms with Crippen molar-refractivity contribution in [1.82, 2.24) is 0 Å². The lowest BCUT2D eigenvalue weighted by Gasteiger charge is -2.10. The third-order valence-corrected chi connectivity index (χ3v) is 1.89. The van der Waals surface area contributed by atoms with Gasteiger partial charge in [-0.2, -0.15) is 14.0 Å². The number of carboxylic acids is 1. The van der Waals surface area contributed by atoms with Crippen molar-refractivity contribution in [2.45, 2.75) is 12.3 Å². The smallest absolute Gasteiger partial charge is 0.374 e. The first kappa shape index (κ1) is 12.0. The predicted molar refractivity (Wildman–Crippen MR) is 47.4 cm³/mol. The minimum atomic E-state index is -3.93. The van der Waals surface area contributed by atoms with Crippen LogP contribution in [-0.4, -0.2) is 17.0 Å². The van der Waals surface area contributed by atoms with Crippen LogP contribution >= 0.6 is 0 Å². The predicted octanol–water partition coefficient (Wildman–Crippen LogP) is 1.96. The van der Waals surface area contributed by atoms with Crippen LogP contribution in [0.15, 0.2) is 18.2 Å². The summed E-state index contributed by atoms with van der Waals surface area (Å²) in [5.41, 5.74) is -0.496. The summed E-state index contributed by atoms with van der Waals surface area (Å²) in [6.07, 6.45) is -1.07. The highest BCUT2D eigenvalue weighted by molar-refractivity contribution is 5.75. The molecule has 6 heteroatoms. The van der Waals surface area contributed by atoms with Crippen molar-refractivity contribution in [3.63, 3.8) is 0 Å². The zero-order valence-corrected chi connectivity index (χ0v) is 7.88. The van der Waals surface area contributed by atoms with Crippen LogP contribution < -0.4 is 0 Å². The van der Waals surface area contributed by atoms with Crippen LogP contribution in [0, 0.1) is 17.1 Å². The monoisotopic (exact) mass is 229 g/mol. The van der Waals surface area contributed by atoms with Gasteiger partial charge in [0.05, 0.1) is 5.56 Å². The number of halogens is 3. The molecule has 1 N–H and O–H groups in total. The molecule has 0 aliphatic rings. The Morgan fingerprint density at radius 2 is 2.12 bits per heavy atom. The van der Waals surface area contributed by atoms with E-state index in [2.05, 4.69) is 0 Å². The van der Waals surface area contributed by atoms with Gasteiger partial charge in [0.1, 0.15) is 11.9 Å². The third kappa shape index (κ3) is 2.51. The molecule has 0 saturated heterocycles. The van der Waals surface area contributed by atoms with Crippen molar-refractivity contribution in [1.29, 1.82) is 5.26 Å². The van der Waals surface area contributed by atoms with Crippen LogP contribution in [0.5, 0.6) is 0 Å². The zero-order chi connectivity index (χ0) is 12.3. The molecule has 0 amide bonds. The molecule has 0 aromatic heterocycles. The Morgan fingerprint density at radius 3 is 2.62 bits per heavy atom. The number of nitrogens with zero attached hydrogens (tertiary/aromatic N) is 1. The van der Waals surface area contributed by atoms with Gasteiger partial charge in [-0.15, -0.1) is 0 Å². The third-order valence-electron chi connectivity index (χ3n) is 1.89. The number of rotatable bonds is 3. The fourth-order valence-electron chi connectivity index (χ4n) is 1.10. The van der Waals surface area contributed by atoms with Crippen LogP contribution in [0.2, 0.25) is 0 Å². The largest absolute Gasteiger partial charge is 0.477 e. The van der Waals surface area contributed by atoms with Crippen LogP contribution in [0.25, 0.3) is 0 Å². The molecule has 0 heterocycles. The van der Waals surface area contributed by atoms with Gasteiger partial charge in [-0.05, 0) is 17.7 Å². The van der Waals surface area contributed by atoms with Gasteiger partial charge >= 0.3 is 11.9 Å². The average molecular weight is 229 g/mol. The maximum Gasteiger partial charge on any atom is 0.374 e. The van der Waals surface area contributed by atoms with Gasteiger partial charge in [-0.1, -0.05) is 6.07 Å². The molecule has 1 aromatic carbocycles. The summed E-state index contributed by atoms with van der Waals surface area (Å²) < 4.78 is 38.4. The Kier molecular flexibility index (Phi) is 3.18. The Hall–Kier alpha value is -2.03. The normalized spacial score (nSPS) is 10.9. The summed E-state index contributed by atoms with van der Waals surface area (Å²) in [7, 11) is 0. The molecule has 0 radical (unpaired) electrons. The van der Waals surface area contributed by atoms with E-state index in [1.54, 1.807) is 0 Å². The lowest BCUT2D eigenvalue weighted by atomic mass is 10.0. The molecule has 0 bridgehead atoms. The van der Waals surface area contributed by atoms with E-state index in [4.69, 9.17) is 10.4 Å². The maximum absolute atomic E-state index is 12.8. The van der Waals surface area contributed by atoms with Gasteiger partial charge in [0.25, 0.3) is 0 Å². The fraction of sp³-hybridized carbons (Fsp3) is 0.200. The summed E-state index contributed by atoms with van der Waals surface area (Å²) in [5.74, 6) is -7.01. The highest BCUT2D eigenvalue weighted by Gasteiger charge is 2.38. The maximum atomic E-state index is 12.8. The van der Waals surface area contributed by atoms with E-state index >= 15 is 0 Å². The van der Waals surface area contributed by atoms with Gasteiger partial charge in [0.15, 0.2) is 0 Å². The summed E-state index contributed by atoms with van der Waals surface area (Å²) >= 11 is 0. The fourth-order valence-corrected chi connectivity index (χ4v) is 1.10. The summed E-state index contributed by atoms with van der Waals surface area (Å²) in [5, 5.41) is 16.7. The molecule has 1 rings (SSSR count). The van der Waals surface area contributed by atoms with Crippen molar-refractivity contribution in [3.05, 3.63) is 35.1 Å². The molecule has 0 aliphatic heterocycles. The second kappa shape index (κ2) is 4.23. The first-order valence-corrected chi connectivity index (χ1v) is 4.16. The molecule has 0 unspecified atom stereocenters. The standard InChI is InChI=1S/C10H6F3NO2/c11-8-2-1-6(3-7(8)5-14)4-10(12,13)9(15)16/h1-3H,4H2,(H,15,16). The van der Waals surface area contributed by atoms with Crippen LogP contribution in [-0.2, 0) is 11.2 Å². The van der Waals surface area contributed by atoms with E-state index in [1.165, 1.54) is 6.07 Å². The minimum absolute atomic E-state index is 0.106. The Bertz CT molecular complexity index is 466. The number of hydrogen-bond acceptors (Lipinski definition) is 2. The zero-order valence-electron chi connectivity index (χ0n) is 7.88. The minimum Gasteiger partial charge on any atom is -0.477 e. The first-order valence-electron chi connectivity index (χ1n) is 4.16. The highest BCUT2D eigenvalue weighted by atomic mass is 19.3. The molecule has 0 atom stereocenters. The lowest BCUT2D eigenvalue weighted by molar-refractivity contribution is -0.164. The van der Waals surface area contributed by atoms with E-state index in [9.17, 15) is 18.0 Å². The number of aliphatic carboxylic acids is 1. The summed E-state index contributed by atoms with van der Waals surface area (Å²) in [4.78, 5) is 10.2. The van der Waals surface area contributed by atoms with E-state index in [0.29, 0.717) is 0 Å². The van der Waals surface area contributed by atoms with E-state index < -0.39 is 29.7 Å². The average Bonchev–Trinajstić information content (AvgIpc) is 2.20. The van der Waals surface area contributed by atoms with Gasteiger partial charge in [-0.3, -0.25) is 0 Å². The number of carboxylic acid groups (broad SMARTS) is 1. The Labute approximate surface area is 88.7 Å². The number of alkyl halides is 2. The molecule has 1 aromatic rings. The number of nitriles is 1. The molecule has 0 fully saturated rings. The number of carbonyl (C=O) groups is 1. The van der Waals surface area contributed by atoms with E-state index in [1.807, 2.05) is 0 Å². The highest BCUT2D eigenvalue weighted by Crippen LogP contribution is 2.21. The van der Waals surface area contributed by atoms with Gasteiger partial charge in [0, 0.05) is 6.42 Å². The molecular weight excluding hydrogens is 223 g/mol. The molecule has 3 nitrogen and oxygen atoms in total. The van der Waals surface area contributed by atoms with Crippen molar-refractivity contribution in [3.8, 4) is 6.07 Å². The van der Waals surface area contributed by atoms with Crippen molar-refractivity contribution in [2.75, 3.05) is 0 Å². The van der Waals surface area contributed by atoms with Gasteiger partial charge < -0.3 is 5.11 Å². The SMILES string of the molecule is N#Cc1cc(CC(F)(F)C(=O)O)ccc1F. The summed E-state index contributed by atoms with van der Waals surface area (Å²) in [6.45, 7) is 0. The van der Waals surface area contributed by atoms with Crippen molar-refractivity contribution < 1.29 is 23.1 Å². The Balaban J connectivity index is 3.00. The number of hydrogen-bond donors (Lipinski definition) is 1. The Morgan fingerprint density at radius 1 is 1.50 bits per heavy atom. The molecular formula is C10H6F3NO2. The van der Waals surface area contributed by atoms with Crippen LogP contribution in [0.4, 0.5) is 13.2 Å².